The molecule has 0 spiro atoms. The van der Waals surface area contributed by atoms with Crippen LogP contribution in [-0.2, 0) is 0 Å². The summed E-state index contributed by atoms with van der Waals surface area (Å²) in [6.45, 7) is 0. The van der Waals surface area contributed by atoms with Gasteiger partial charge in [-0.3, -0.25) is 0 Å². The number of rotatable bonds is 5. The van der Waals surface area contributed by atoms with Crippen molar-refractivity contribution in [3.05, 3.63) is 146 Å². The van der Waals surface area contributed by atoms with Crippen LogP contribution in [0.4, 0.5) is 0 Å². The van der Waals surface area contributed by atoms with Crippen molar-refractivity contribution in [1.29, 1.82) is 0 Å². The third kappa shape index (κ3) is 4.30. The molecule has 0 saturated carbocycles. The normalized spacial score (nSPS) is 11.2. The summed E-state index contributed by atoms with van der Waals surface area (Å²) in [4.78, 5) is 0. The molecule has 0 fully saturated rings. The Morgan fingerprint density at radius 3 is 1.70 bits per heavy atom. The second kappa shape index (κ2) is 10.0. The first-order valence-electron chi connectivity index (χ1n) is 13.4. The molecule has 0 amide bonds. The van der Waals surface area contributed by atoms with E-state index in [4.69, 9.17) is 0 Å². The minimum atomic E-state index is -1.55. The molecule has 40 heavy (non-hydrogen) atoms. The molecule has 0 saturated heterocycles. The lowest BCUT2D eigenvalue weighted by molar-refractivity contribution is 0.426. The van der Waals surface area contributed by atoms with Gasteiger partial charge in [-0.1, -0.05) is 103 Å². The van der Waals surface area contributed by atoms with Gasteiger partial charge in [-0.2, -0.15) is 0 Å². The van der Waals surface area contributed by atoms with E-state index in [1.807, 2.05) is 48.5 Å². The molecular formula is C36H26BNO2. The summed E-state index contributed by atoms with van der Waals surface area (Å²) < 4.78 is 2.32. The van der Waals surface area contributed by atoms with Crippen LogP contribution in [0.15, 0.2) is 146 Å². The van der Waals surface area contributed by atoms with Gasteiger partial charge >= 0.3 is 7.12 Å². The third-order valence-electron chi connectivity index (χ3n) is 7.58. The largest absolute Gasteiger partial charge is 0.488 e. The molecule has 0 aliphatic carbocycles. The molecular weight excluding hydrogens is 489 g/mol. The van der Waals surface area contributed by atoms with E-state index in [9.17, 15) is 10.0 Å². The van der Waals surface area contributed by atoms with Crippen molar-refractivity contribution < 1.29 is 10.0 Å². The second-order valence-corrected chi connectivity index (χ2v) is 10.1. The van der Waals surface area contributed by atoms with Crippen LogP contribution < -0.4 is 5.46 Å². The molecule has 3 nitrogen and oxygen atoms in total. The average molecular weight is 515 g/mol. The molecule has 0 aliphatic heterocycles. The summed E-state index contributed by atoms with van der Waals surface area (Å²) in [5.74, 6) is 0. The van der Waals surface area contributed by atoms with Gasteiger partial charge in [0.2, 0.25) is 0 Å². The van der Waals surface area contributed by atoms with E-state index in [0.29, 0.717) is 5.46 Å². The predicted molar refractivity (Wildman–Crippen MR) is 167 cm³/mol. The smallest absolute Gasteiger partial charge is 0.423 e. The van der Waals surface area contributed by atoms with Crippen molar-refractivity contribution in [3.8, 4) is 39.1 Å². The predicted octanol–water partition coefficient (Wildman–Crippen LogP) is 7.46. The lowest BCUT2D eigenvalue weighted by Gasteiger charge is -2.12. The molecule has 0 atom stereocenters. The Morgan fingerprint density at radius 1 is 0.400 bits per heavy atom. The van der Waals surface area contributed by atoms with Crippen molar-refractivity contribution in [2.45, 2.75) is 0 Å². The summed E-state index contributed by atoms with van der Waals surface area (Å²) in [7, 11) is -1.55. The van der Waals surface area contributed by atoms with Crippen LogP contribution >= 0.6 is 0 Å². The molecule has 1 heterocycles. The van der Waals surface area contributed by atoms with E-state index < -0.39 is 7.12 Å². The highest BCUT2D eigenvalue weighted by Crippen LogP contribution is 2.36. The summed E-state index contributed by atoms with van der Waals surface area (Å²) in [5, 5.41) is 22.5. The van der Waals surface area contributed by atoms with Gasteiger partial charge in [0.15, 0.2) is 0 Å². The van der Waals surface area contributed by atoms with Gasteiger partial charge in [0, 0.05) is 16.5 Å². The number of hydrogen-bond donors (Lipinski definition) is 2. The Labute approximate surface area is 233 Å². The zero-order valence-corrected chi connectivity index (χ0v) is 21.8. The zero-order valence-electron chi connectivity index (χ0n) is 21.8. The van der Waals surface area contributed by atoms with Gasteiger partial charge < -0.3 is 14.6 Å². The molecule has 1 aromatic heterocycles. The van der Waals surface area contributed by atoms with E-state index in [2.05, 4.69) is 102 Å². The summed E-state index contributed by atoms with van der Waals surface area (Å²) in [6.07, 6.45) is 0. The molecule has 190 valence electrons. The molecule has 0 bridgehead atoms. The van der Waals surface area contributed by atoms with E-state index in [1.165, 1.54) is 21.8 Å². The zero-order chi connectivity index (χ0) is 27.1. The van der Waals surface area contributed by atoms with Crippen LogP contribution in [-0.4, -0.2) is 21.7 Å². The fraction of sp³-hybridized carbons (Fsp3) is 0. The van der Waals surface area contributed by atoms with Gasteiger partial charge in [-0.15, -0.1) is 0 Å². The molecule has 6 aromatic carbocycles. The maximum Gasteiger partial charge on any atom is 0.488 e. The minimum Gasteiger partial charge on any atom is -0.423 e. The molecule has 0 unspecified atom stereocenters. The third-order valence-corrected chi connectivity index (χ3v) is 7.58. The fourth-order valence-corrected chi connectivity index (χ4v) is 5.65. The first-order valence-corrected chi connectivity index (χ1v) is 13.4. The quantitative estimate of drug-likeness (QED) is 0.234. The highest BCUT2D eigenvalue weighted by atomic mass is 16.4. The number of fused-ring (bicyclic) bond motifs is 3. The molecule has 7 rings (SSSR count). The van der Waals surface area contributed by atoms with E-state index in [1.54, 1.807) is 0 Å². The van der Waals surface area contributed by atoms with Crippen molar-refractivity contribution in [1.82, 2.24) is 4.57 Å². The van der Waals surface area contributed by atoms with Crippen LogP contribution in [0.5, 0.6) is 0 Å². The first kappa shape index (κ1) is 24.2. The van der Waals surface area contributed by atoms with Crippen LogP contribution in [0.3, 0.4) is 0 Å². The molecule has 7 aromatic rings. The highest BCUT2D eigenvalue weighted by Gasteiger charge is 2.16. The van der Waals surface area contributed by atoms with Crippen molar-refractivity contribution in [3.63, 3.8) is 0 Å². The van der Waals surface area contributed by atoms with E-state index in [-0.39, 0.29) is 0 Å². The van der Waals surface area contributed by atoms with Crippen molar-refractivity contribution >= 4 is 34.4 Å². The number of nitrogens with zero attached hydrogens (tertiary/aromatic N) is 1. The molecule has 0 aliphatic rings. The monoisotopic (exact) mass is 515 g/mol. The van der Waals surface area contributed by atoms with Crippen LogP contribution in [0.25, 0.3) is 60.9 Å². The van der Waals surface area contributed by atoms with Gasteiger partial charge in [0.05, 0.1) is 11.0 Å². The first-order chi connectivity index (χ1) is 19.7. The minimum absolute atomic E-state index is 0.469. The summed E-state index contributed by atoms with van der Waals surface area (Å²) in [5.41, 5.74) is 10.1. The Balaban J connectivity index is 1.36. The molecule has 2 N–H and O–H groups in total. The van der Waals surface area contributed by atoms with Crippen LogP contribution in [0, 0.1) is 0 Å². The molecule has 4 heteroatoms. The van der Waals surface area contributed by atoms with Gasteiger partial charge in [0.25, 0.3) is 0 Å². The lowest BCUT2D eigenvalue weighted by Crippen LogP contribution is -2.29. The lowest BCUT2D eigenvalue weighted by atomic mass is 9.77. The summed E-state index contributed by atoms with van der Waals surface area (Å²) >= 11 is 0. The SMILES string of the molecule is OB(O)c1cc(-c2ccccc2)cc(-c2cccc(-c3ccc4c(c3)c3ccccc3n4-c3ccccc3)c2)c1. The Hall–Kier alpha value is -4.90. The number of hydrogen-bond acceptors (Lipinski definition) is 2. The van der Waals surface area contributed by atoms with Gasteiger partial charge in [0.1, 0.15) is 0 Å². The van der Waals surface area contributed by atoms with Crippen molar-refractivity contribution in [2.24, 2.45) is 0 Å². The highest BCUT2D eigenvalue weighted by molar-refractivity contribution is 6.58. The van der Waals surface area contributed by atoms with E-state index >= 15 is 0 Å². The Kier molecular flexibility index (Phi) is 6.05. The molecule has 0 radical (unpaired) electrons. The van der Waals surface area contributed by atoms with E-state index in [0.717, 1.165) is 39.1 Å². The van der Waals surface area contributed by atoms with Gasteiger partial charge in [-0.25, -0.2) is 0 Å². The second-order valence-electron chi connectivity index (χ2n) is 10.1. The number of benzene rings is 6. The summed E-state index contributed by atoms with van der Waals surface area (Å²) in [6, 6.07) is 50.0. The fourth-order valence-electron chi connectivity index (χ4n) is 5.65. The number of aromatic nitrogens is 1. The topological polar surface area (TPSA) is 45.4 Å². The van der Waals surface area contributed by atoms with Crippen LogP contribution in [0.2, 0.25) is 0 Å². The maximum atomic E-state index is 10.0. The van der Waals surface area contributed by atoms with Gasteiger partial charge in [-0.05, 0) is 81.3 Å². The Bertz CT molecular complexity index is 1980. The maximum absolute atomic E-state index is 10.0. The Morgan fingerprint density at radius 2 is 0.950 bits per heavy atom. The standard InChI is InChI=1S/C36H26BNO2/c39-37(40)31-22-29(25-10-3-1-4-11-25)21-30(23-31)27-13-9-12-26(20-27)28-18-19-36-34(24-28)33-16-7-8-17-35(33)38(36)32-14-5-2-6-15-32/h1-24,39-40H. The number of para-hydroxylation sites is 2. The van der Waals surface area contributed by atoms with Crippen molar-refractivity contribution in [2.75, 3.05) is 0 Å². The average Bonchev–Trinajstić information content (AvgIpc) is 3.35. The van der Waals surface area contributed by atoms with Crippen LogP contribution in [0.1, 0.15) is 0 Å².